The molecule has 4 aliphatic rings. The maximum atomic E-state index is 12.3. The summed E-state index contributed by atoms with van der Waals surface area (Å²) in [5.41, 5.74) is 1.26. The lowest BCUT2D eigenvalue weighted by molar-refractivity contribution is -0.232. The van der Waals surface area contributed by atoms with Gasteiger partial charge in [-0.15, -0.1) is 0 Å². The quantitative estimate of drug-likeness (QED) is 0.636. The van der Waals surface area contributed by atoms with Crippen LogP contribution in [0.15, 0.2) is 11.6 Å². The summed E-state index contributed by atoms with van der Waals surface area (Å²) in [7, 11) is 0. The van der Waals surface area contributed by atoms with Crippen molar-refractivity contribution in [3.8, 4) is 0 Å². The first kappa shape index (κ1) is 15.4. The van der Waals surface area contributed by atoms with E-state index in [0.717, 1.165) is 12.8 Å². The highest BCUT2D eigenvalue weighted by atomic mass is 16.5. The molecule has 2 saturated carbocycles. The lowest BCUT2D eigenvalue weighted by atomic mass is 9.40. The van der Waals surface area contributed by atoms with E-state index < -0.39 is 0 Å². The fourth-order valence-corrected chi connectivity index (χ4v) is 7.01. The summed E-state index contributed by atoms with van der Waals surface area (Å²) >= 11 is 0. The Morgan fingerprint density at radius 3 is 2.70 bits per heavy atom. The molecule has 3 heteroatoms. The van der Waals surface area contributed by atoms with E-state index in [-0.39, 0.29) is 28.7 Å². The van der Waals surface area contributed by atoms with Crippen LogP contribution in [0.25, 0.3) is 0 Å². The molecule has 0 aromatic heterocycles. The molecule has 0 N–H and O–H groups in total. The number of hydrogen-bond donors (Lipinski definition) is 0. The van der Waals surface area contributed by atoms with Gasteiger partial charge in [0.15, 0.2) is 5.78 Å². The highest BCUT2D eigenvalue weighted by Gasteiger charge is 2.66. The maximum absolute atomic E-state index is 12.3. The molecule has 0 aromatic carbocycles. The van der Waals surface area contributed by atoms with E-state index in [1.165, 1.54) is 12.0 Å². The van der Waals surface area contributed by atoms with Crippen LogP contribution in [0.3, 0.4) is 0 Å². The molecule has 0 radical (unpaired) electrons. The Morgan fingerprint density at radius 1 is 1.22 bits per heavy atom. The fraction of sp³-hybridized carbons (Fsp3) is 0.800. The number of ketones is 1. The molecule has 1 aliphatic heterocycles. The standard InChI is InChI=1S/C20H28O3/c1-11-5-6-16-19(3)10-13(21)7-12(2)14(19)8-17-20(16,4)15(11)9-18(22)23-17/h7,11,14-17H,5-6,8-10H2,1-4H3/t11-,14-,15-,16+,17+,19-,20-/m0/s1. The second-order valence-corrected chi connectivity index (χ2v) is 9.09. The lowest BCUT2D eigenvalue weighted by Gasteiger charge is -2.66. The molecule has 1 saturated heterocycles. The zero-order valence-corrected chi connectivity index (χ0v) is 14.7. The van der Waals surface area contributed by atoms with Crippen LogP contribution in [0, 0.1) is 34.5 Å². The summed E-state index contributed by atoms with van der Waals surface area (Å²) in [5, 5.41) is 0. The predicted molar refractivity (Wildman–Crippen MR) is 87.6 cm³/mol. The van der Waals surface area contributed by atoms with Crippen LogP contribution in [0.4, 0.5) is 0 Å². The van der Waals surface area contributed by atoms with E-state index in [2.05, 4.69) is 27.7 Å². The number of allylic oxidation sites excluding steroid dienone is 2. The molecule has 0 amide bonds. The lowest BCUT2D eigenvalue weighted by Crippen LogP contribution is -2.65. The van der Waals surface area contributed by atoms with Crippen LogP contribution in [-0.2, 0) is 14.3 Å². The minimum Gasteiger partial charge on any atom is -0.462 e. The van der Waals surface area contributed by atoms with Gasteiger partial charge in [-0.2, -0.15) is 0 Å². The van der Waals surface area contributed by atoms with Gasteiger partial charge < -0.3 is 4.74 Å². The van der Waals surface area contributed by atoms with Crippen LogP contribution in [0.2, 0.25) is 0 Å². The van der Waals surface area contributed by atoms with Crippen LogP contribution in [0.5, 0.6) is 0 Å². The molecule has 1 heterocycles. The van der Waals surface area contributed by atoms with Gasteiger partial charge in [-0.25, -0.2) is 0 Å². The molecule has 0 unspecified atom stereocenters. The minimum absolute atomic E-state index is 0.0119. The summed E-state index contributed by atoms with van der Waals surface area (Å²) in [5.74, 6) is 2.10. The highest BCUT2D eigenvalue weighted by Crippen LogP contribution is 2.68. The molecule has 126 valence electrons. The number of carbonyl (C=O) groups is 2. The van der Waals surface area contributed by atoms with Crippen molar-refractivity contribution in [2.45, 2.75) is 65.9 Å². The largest absolute Gasteiger partial charge is 0.462 e. The Labute approximate surface area is 138 Å². The van der Waals surface area contributed by atoms with E-state index >= 15 is 0 Å². The average Bonchev–Trinajstić information content (AvgIpc) is 2.44. The maximum Gasteiger partial charge on any atom is 0.306 e. The zero-order chi connectivity index (χ0) is 16.6. The van der Waals surface area contributed by atoms with Crippen molar-refractivity contribution in [3.05, 3.63) is 11.6 Å². The molecule has 3 aliphatic carbocycles. The SMILES string of the molecule is CC1=CC(=O)C[C@]2(C)[C@H]3CC[C@H](C)[C@@H]4CC(=O)O[C@H](C[C@@H]12)[C@]34C. The van der Waals surface area contributed by atoms with Crippen molar-refractivity contribution in [3.63, 3.8) is 0 Å². The van der Waals surface area contributed by atoms with E-state index in [1.54, 1.807) is 0 Å². The molecule has 4 rings (SSSR count). The molecule has 7 atom stereocenters. The predicted octanol–water partition coefficient (Wildman–Crippen LogP) is 3.92. The van der Waals surface area contributed by atoms with Gasteiger partial charge >= 0.3 is 5.97 Å². The molecule has 3 fully saturated rings. The Bertz CT molecular complexity index is 606. The van der Waals surface area contributed by atoms with Crippen LogP contribution in [0.1, 0.15) is 59.8 Å². The minimum atomic E-state index is -0.0119. The number of rotatable bonds is 0. The molecular weight excluding hydrogens is 288 g/mol. The van der Waals surface area contributed by atoms with Crippen molar-refractivity contribution >= 4 is 11.8 Å². The van der Waals surface area contributed by atoms with E-state index in [4.69, 9.17) is 4.74 Å². The topological polar surface area (TPSA) is 43.4 Å². The van der Waals surface area contributed by atoms with Gasteiger partial charge in [0.25, 0.3) is 0 Å². The first-order valence-electron chi connectivity index (χ1n) is 9.17. The molecular formula is C20H28O3. The number of fused-ring (bicyclic) bond motifs is 2. The fourth-order valence-electron chi connectivity index (χ4n) is 7.01. The Balaban J connectivity index is 1.84. The van der Waals surface area contributed by atoms with Gasteiger partial charge in [-0.05, 0) is 54.9 Å². The second-order valence-electron chi connectivity index (χ2n) is 9.09. The third-order valence-electron chi connectivity index (χ3n) is 8.04. The van der Waals surface area contributed by atoms with Crippen molar-refractivity contribution < 1.29 is 14.3 Å². The number of esters is 1. The van der Waals surface area contributed by atoms with Crippen LogP contribution < -0.4 is 0 Å². The second kappa shape index (κ2) is 4.70. The van der Waals surface area contributed by atoms with Crippen LogP contribution >= 0.6 is 0 Å². The van der Waals surface area contributed by atoms with E-state index in [1.807, 2.05) is 6.08 Å². The monoisotopic (exact) mass is 316 g/mol. The molecule has 3 nitrogen and oxygen atoms in total. The third kappa shape index (κ3) is 1.88. The average molecular weight is 316 g/mol. The molecule has 23 heavy (non-hydrogen) atoms. The summed E-state index contributed by atoms with van der Waals surface area (Å²) in [6.07, 6.45) is 6.32. The summed E-state index contributed by atoms with van der Waals surface area (Å²) in [6, 6.07) is 0. The highest BCUT2D eigenvalue weighted by molar-refractivity contribution is 5.92. The molecule has 0 spiro atoms. The van der Waals surface area contributed by atoms with E-state index in [0.29, 0.717) is 36.5 Å². The van der Waals surface area contributed by atoms with Crippen molar-refractivity contribution in [2.24, 2.45) is 34.5 Å². The van der Waals surface area contributed by atoms with Crippen LogP contribution in [-0.4, -0.2) is 17.9 Å². The Kier molecular flexibility index (Phi) is 3.15. The van der Waals surface area contributed by atoms with Gasteiger partial charge in [0.2, 0.25) is 0 Å². The summed E-state index contributed by atoms with van der Waals surface area (Å²) in [6.45, 7) is 9.08. The summed E-state index contributed by atoms with van der Waals surface area (Å²) < 4.78 is 5.90. The molecule has 0 aromatic rings. The van der Waals surface area contributed by atoms with Crippen molar-refractivity contribution in [1.82, 2.24) is 0 Å². The number of carbonyl (C=O) groups excluding carboxylic acids is 2. The van der Waals surface area contributed by atoms with E-state index in [9.17, 15) is 9.59 Å². The Morgan fingerprint density at radius 2 is 1.96 bits per heavy atom. The summed E-state index contributed by atoms with van der Waals surface area (Å²) in [4.78, 5) is 24.5. The Hall–Kier alpha value is -1.12. The van der Waals surface area contributed by atoms with Crippen molar-refractivity contribution in [2.75, 3.05) is 0 Å². The third-order valence-corrected chi connectivity index (χ3v) is 8.04. The van der Waals surface area contributed by atoms with Gasteiger partial charge in [0.05, 0.1) is 0 Å². The molecule has 0 bridgehead atoms. The normalized spacial score (nSPS) is 52.2. The number of hydrogen-bond acceptors (Lipinski definition) is 3. The van der Waals surface area contributed by atoms with Gasteiger partial charge in [-0.1, -0.05) is 32.8 Å². The first-order chi connectivity index (χ1) is 10.8. The van der Waals surface area contributed by atoms with Gasteiger partial charge in [0, 0.05) is 18.3 Å². The van der Waals surface area contributed by atoms with Gasteiger partial charge in [-0.3, -0.25) is 9.59 Å². The van der Waals surface area contributed by atoms with Crippen molar-refractivity contribution in [1.29, 1.82) is 0 Å². The first-order valence-corrected chi connectivity index (χ1v) is 9.17. The zero-order valence-electron chi connectivity index (χ0n) is 14.7. The van der Waals surface area contributed by atoms with Gasteiger partial charge in [0.1, 0.15) is 6.10 Å². The smallest absolute Gasteiger partial charge is 0.306 e. The number of ether oxygens (including phenoxy) is 1.